The van der Waals surface area contributed by atoms with E-state index in [0.29, 0.717) is 15.8 Å². The van der Waals surface area contributed by atoms with E-state index < -0.39 is 5.97 Å². The number of carbonyl (C=O) groups excluding carboxylic acids is 2. The van der Waals surface area contributed by atoms with Crippen LogP contribution >= 0.6 is 35.0 Å². The second-order valence-corrected chi connectivity index (χ2v) is 6.98. The number of hydrogen-bond donors (Lipinski definition) is 0. The highest BCUT2D eigenvalue weighted by molar-refractivity contribution is 8.00. The number of para-hydroxylation sites is 1. The number of esters is 1. The Labute approximate surface area is 153 Å². The number of nitrogens with zero attached hydrogens (tertiary/aromatic N) is 1. The molecule has 1 aliphatic rings. The maximum absolute atomic E-state index is 12.1. The number of thioether (sulfide) groups is 1. The summed E-state index contributed by atoms with van der Waals surface area (Å²) in [5, 5.41) is 0.849. The molecule has 1 heterocycles. The molecule has 0 fully saturated rings. The third-order valence-electron chi connectivity index (χ3n) is 3.48. The van der Waals surface area contributed by atoms with Gasteiger partial charge in [0, 0.05) is 4.90 Å². The Bertz CT molecular complexity index is 797. The lowest BCUT2D eigenvalue weighted by molar-refractivity contribution is -0.144. The van der Waals surface area contributed by atoms with Gasteiger partial charge in [-0.05, 0) is 29.8 Å². The molecule has 0 radical (unpaired) electrons. The van der Waals surface area contributed by atoms with E-state index in [1.807, 2.05) is 24.3 Å². The van der Waals surface area contributed by atoms with Crippen molar-refractivity contribution in [3.8, 4) is 0 Å². The highest BCUT2D eigenvalue weighted by atomic mass is 35.5. The zero-order valence-electron chi connectivity index (χ0n) is 12.5. The second-order valence-electron chi connectivity index (χ2n) is 5.15. The van der Waals surface area contributed by atoms with Crippen LogP contribution in [0, 0.1) is 0 Å². The first-order chi connectivity index (χ1) is 11.5. The summed E-state index contributed by atoms with van der Waals surface area (Å²) >= 11 is 13.3. The highest BCUT2D eigenvalue weighted by Crippen LogP contribution is 2.34. The topological polar surface area (TPSA) is 46.6 Å². The Balaban J connectivity index is 1.64. The molecule has 3 rings (SSSR count). The molecule has 0 atom stereocenters. The fourth-order valence-electron chi connectivity index (χ4n) is 2.30. The largest absolute Gasteiger partial charge is 0.459 e. The van der Waals surface area contributed by atoms with Crippen molar-refractivity contribution in [3.05, 3.63) is 58.1 Å². The van der Waals surface area contributed by atoms with Gasteiger partial charge in [-0.3, -0.25) is 14.5 Å². The maximum atomic E-state index is 12.1. The zero-order valence-corrected chi connectivity index (χ0v) is 14.8. The molecule has 0 N–H and O–H groups in total. The van der Waals surface area contributed by atoms with Crippen molar-refractivity contribution in [1.82, 2.24) is 0 Å². The van der Waals surface area contributed by atoms with Gasteiger partial charge in [-0.2, -0.15) is 0 Å². The van der Waals surface area contributed by atoms with Gasteiger partial charge in [0.05, 0.1) is 21.5 Å². The third kappa shape index (κ3) is 3.86. The van der Waals surface area contributed by atoms with Crippen molar-refractivity contribution in [2.75, 3.05) is 17.2 Å². The molecule has 24 heavy (non-hydrogen) atoms. The molecule has 2 aromatic carbocycles. The van der Waals surface area contributed by atoms with Crippen molar-refractivity contribution in [3.63, 3.8) is 0 Å². The van der Waals surface area contributed by atoms with Crippen molar-refractivity contribution < 1.29 is 14.3 Å². The number of benzene rings is 2. The molecule has 7 heteroatoms. The van der Waals surface area contributed by atoms with Gasteiger partial charge in [-0.1, -0.05) is 41.4 Å². The molecule has 0 spiro atoms. The SMILES string of the molecule is O=C(CN1C(=O)CSc2ccccc21)OCc1ccc(Cl)c(Cl)c1. The predicted octanol–water partition coefficient (Wildman–Crippen LogP) is 4.18. The number of anilines is 1. The second kappa shape index (κ2) is 7.47. The van der Waals surface area contributed by atoms with Gasteiger partial charge in [0.15, 0.2) is 0 Å². The first-order valence-electron chi connectivity index (χ1n) is 7.16. The summed E-state index contributed by atoms with van der Waals surface area (Å²) in [5.41, 5.74) is 1.48. The summed E-state index contributed by atoms with van der Waals surface area (Å²) in [6.45, 7) is -0.0358. The van der Waals surface area contributed by atoms with Crippen LogP contribution < -0.4 is 4.90 Å². The molecular weight excluding hydrogens is 369 g/mol. The van der Waals surface area contributed by atoms with Crippen molar-refractivity contribution in [2.45, 2.75) is 11.5 Å². The number of fused-ring (bicyclic) bond motifs is 1. The van der Waals surface area contributed by atoms with Crippen LogP contribution in [-0.2, 0) is 20.9 Å². The predicted molar refractivity (Wildman–Crippen MR) is 95.8 cm³/mol. The summed E-state index contributed by atoms with van der Waals surface area (Å²) in [6, 6.07) is 12.5. The van der Waals surface area contributed by atoms with E-state index in [4.69, 9.17) is 27.9 Å². The summed E-state index contributed by atoms with van der Waals surface area (Å²) in [4.78, 5) is 26.7. The number of amides is 1. The zero-order chi connectivity index (χ0) is 17.1. The van der Waals surface area contributed by atoms with E-state index >= 15 is 0 Å². The standard InChI is InChI=1S/C17H13Cl2NO3S/c18-12-6-5-11(7-13(12)19)9-23-17(22)8-20-14-3-1-2-4-15(14)24-10-16(20)21/h1-7H,8-10H2. The molecule has 0 bridgehead atoms. The summed E-state index contributed by atoms with van der Waals surface area (Å²) in [5.74, 6) is -0.266. The molecule has 124 valence electrons. The Morgan fingerprint density at radius 2 is 1.96 bits per heavy atom. The Kier molecular flexibility index (Phi) is 5.33. The Morgan fingerprint density at radius 3 is 2.75 bits per heavy atom. The highest BCUT2D eigenvalue weighted by Gasteiger charge is 2.26. The average Bonchev–Trinajstić information content (AvgIpc) is 2.58. The van der Waals surface area contributed by atoms with Crippen molar-refractivity contribution in [1.29, 1.82) is 0 Å². The van der Waals surface area contributed by atoms with Crippen LogP contribution in [0.5, 0.6) is 0 Å². The number of hydrogen-bond acceptors (Lipinski definition) is 4. The molecule has 0 saturated carbocycles. The van der Waals surface area contributed by atoms with Gasteiger partial charge in [-0.25, -0.2) is 0 Å². The van der Waals surface area contributed by atoms with E-state index in [1.54, 1.807) is 18.2 Å². The van der Waals surface area contributed by atoms with E-state index in [9.17, 15) is 9.59 Å². The van der Waals surface area contributed by atoms with Crippen LogP contribution in [0.4, 0.5) is 5.69 Å². The molecule has 0 aromatic heterocycles. The first kappa shape index (κ1) is 17.1. The summed E-state index contributed by atoms with van der Waals surface area (Å²) in [7, 11) is 0. The van der Waals surface area contributed by atoms with Crippen molar-refractivity contribution in [2.24, 2.45) is 0 Å². The fourth-order valence-corrected chi connectivity index (χ4v) is 3.55. The van der Waals surface area contributed by atoms with Crippen LogP contribution in [-0.4, -0.2) is 24.2 Å². The first-order valence-corrected chi connectivity index (χ1v) is 8.90. The van der Waals surface area contributed by atoms with Gasteiger partial charge >= 0.3 is 5.97 Å². The van der Waals surface area contributed by atoms with Gasteiger partial charge < -0.3 is 4.74 Å². The summed E-state index contributed by atoms with van der Waals surface area (Å²) in [6.07, 6.45) is 0. The Hall–Kier alpha value is -1.69. The molecule has 1 aliphatic heterocycles. The lowest BCUT2D eigenvalue weighted by Crippen LogP contribution is -2.39. The van der Waals surface area contributed by atoms with Crippen LogP contribution in [0.15, 0.2) is 47.4 Å². The molecule has 1 amide bonds. The van der Waals surface area contributed by atoms with Crippen LogP contribution in [0.1, 0.15) is 5.56 Å². The molecule has 0 unspecified atom stereocenters. The smallest absolute Gasteiger partial charge is 0.326 e. The monoisotopic (exact) mass is 381 g/mol. The number of ether oxygens (including phenoxy) is 1. The average molecular weight is 382 g/mol. The van der Waals surface area contributed by atoms with Crippen LogP contribution in [0.2, 0.25) is 10.0 Å². The summed E-state index contributed by atoms with van der Waals surface area (Å²) < 4.78 is 5.25. The molecule has 4 nitrogen and oxygen atoms in total. The number of rotatable bonds is 4. The normalized spacial score (nSPS) is 13.6. The molecule has 2 aromatic rings. The maximum Gasteiger partial charge on any atom is 0.326 e. The number of carbonyl (C=O) groups is 2. The van der Waals surface area contributed by atoms with E-state index in [2.05, 4.69) is 0 Å². The Morgan fingerprint density at radius 1 is 1.17 bits per heavy atom. The third-order valence-corrected chi connectivity index (χ3v) is 5.27. The molecular formula is C17H13Cl2NO3S. The molecule has 0 saturated heterocycles. The van der Waals surface area contributed by atoms with Gasteiger partial charge in [0.2, 0.25) is 5.91 Å². The van der Waals surface area contributed by atoms with E-state index in [-0.39, 0.29) is 19.1 Å². The number of halogens is 2. The minimum Gasteiger partial charge on any atom is -0.459 e. The lowest BCUT2D eigenvalue weighted by atomic mass is 10.2. The van der Waals surface area contributed by atoms with Gasteiger partial charge in [-0.15, -0.1) is 11.8 Å². The molecule has 0 aliphatic carbocycles. The minimum atomic E-state index is -0.476. The lowest BCUT2D eigenvalue weighted by Gasteiger charge is -2.27. The quantitative estimate of drug-likeness (QED) is 0.745. The minimum absolute atomic E-state index is 0.0775. The van der Waals surface area contributed by atoms with Gasteiger partial charge in [0.1, 0.15) is 13.2 Å². The van der Waals surface area contributed by atoms with Gasteiger partial charge in [0.25, 0.3) is 0 Å². The van der Waals surface area contributed by atoms with Crippen LogP contribution in [0.3, 0.4) is 0 Å². The fraction of sp³-hybridized carbons (Fsp3) is 0.176. The van der Waals surface area contributed by atoms with Crippen LogP contribution in [0.25, 0.3) is 0 Å². The van der Waals surface area contributed by atoms with Crippen molar-refractivity contribution >= 4 is 52.5 Å². The van der Waals surface area contributed by atoms with E-state index in [0.717, 1.165) is 16.1 Å². The van der Waals surface area contributed by atoms with E-state index in [1.165, 1.54) is 16.7 Å².